The zero-order valence-electron chi connectivity index (χ0n) is 19.9. The Morgan fingerprint density at radius 3 is 2.43 bits per heavy atom. The minimum absolute atomic E-state index is 0.0959. The minimum atomic E-state index is -0.368. The summed E-state index contributed by atoms with van der Waals surface area (Å²) in [7, 11) is 0. The Morgan fingerprint density at radius 2 is 1.74 bits per heavy atom. The lowest BCUT2D eigenvalue weighted by atomic mass is 10.1. The maximum absolute atomic E-state index is 13.5. The third kappa shape index (κ3) is 6.27. The van der Waals surface area contributed by atoms with Crippen LogP contribution in [-0.2, 0) is 17.9 Å². The first kappa shape index (κ1) is 24.5. The average Bonchev–Trinajstić information content (AvgIpc) is 3.46. The van der Waals surface area contributed by atoms with Gasteiger partial charge in [-0.1, -0.05) is 17.7 Å². The number of amides is 3. The molecule has 184 valence electrons. The zero-order valence-corrected chi connectivity index (χ0v) is 20.7. The molecule has 2 heterocycles. The van der Waals surface area contributed by atoms with Crippen molar-refractivity contribution < 1.29 is 23.5 Å². The molecule has 2 aromatic carbocycles. The second-order valence-corrected chi connectivity index (χ2v) is 9.04. The fourth-order valence-electron chi connectivity index (χ4n) is 3.71. The second kappa shape index (κ2) is 10.7. The number of benzene rings is 2. The van der Waals surface area contributed by atoms with E-state index < -0.39 is 0 Å². The number of aryl methyl sites for hydroxylation is 1. The number of furan rings is 1. The van der Waals surface area contributed by atoms with Crippen LogP contribution in [0.25, 0.3) is 0 Å². The number of hydrogen-bond acceptors (Lipinski definition) is 5. The third-order valence-corrected chi connectivity index (χ3v) is 5.84. The van der Waals surface area contributed by atoms with Gasteiger partial charge in [-0.05, 0) is 74.9 Å². The quantitative estimate of drug-likeness (QED) is 0.448. The summed E-state index contributed by atoms with van der Waals surface area (Å²) >= 11 is 5.93. The molecule has 0 unspecified atom stereocenters. The van der Waals surface area contributed by atoms with Gasteiger partial charge in [-0.25, -0.2) is 4.79 Å². The molecule has 1 aliphatic rings. The highest BCUT2D eigenvalue weighted by Gasteiger charge is 2.25. The van der Waals surface area contributed by atoms with Crippen molar-refractivity contribution in [3.63, 3.8) is 0 Å². The number of hydrogen-bond donors (Lipinski definition) is 1. The highest BCUT2D eigenvalue weighted by molar-refractivity contribution is 6.30. The van der Waals surface area contributed by atoms with Crippen molar-refractivity contribution >= 4 is 29.2 Å². The Labute approximate surface area is 209 Å². The Hall–Kier alpha value is -3.65. The Bertz CT molecular complexity index is 1190. The van der Waals surface area contributed by atoms with Crippen LogP contribution in [0.5, 0.6) is 11.5 Å². The fraction of sp³-hybridized carbons (Fsp3) is 0.308. The number of nitrogens with zero attached hydrogens (tertiary/aromatic N) is 2. The van der Waals surface area contributed by atoms with Gasteiger partial charge in [0.15, 0.2) is 11.5 Å². The van der Waals surface area contributed by atoms with Gasteiger partial charge in [0.1, 0.15) is 18.1 Å². The molecule has 1 aromatic heterocycles. The maximum Gasteiger partial charge on any atom is 0.322 e. The molecule has 0 aliphatic carbocycles. The number of rotatable bonds is 8. The van der Waals surface area contributed by atoms with E-state index >= 15 is 0 Å². The Balaban J connectivity index is 1.50. The van der Waals surface area contributed by atoms with Gasteiger partial charge in [0.05, 0.1) is 6.54 Å². The van der Waals surface area contributed by atoms with Crippen molar-refractivity contribution in [1.29, 1.82) is 0 Å². The van der Waals surface area contributed by atoms with Gasteiger partial charge >= 0.3 is 6.03 Å². The van der Waals surface area contributed by atoms with Crippen LogP contribution in [0.3, 0.4) is 0 Å². The van der Waals surface area contributed by atoms with Gasteiger partial charge in [-0.3, -0.25) is 4.79 Å². The topological polar surface area (TPSA) is 84.2 Å². The first-order valence-electron chi connectivity index (χ1n) is 11.3. The zero-order chi connectivity index (χ0) is 24.9. The van der Waals surface area contributed by atoms with Crippen molar-refractivity contribution in [2.45, 2.75) is 39.9 Å². The van der Waals surface area contributed by atoms with E-state index in [-0.39, 0.29) is 37.9 Å². The highest BCUT2D eigenvalue weighted by Crippen LogP contribution is 2.33. The minimum Gasteiger partial charge on any atom is -0.464 e. The van der Waals surface area contributed by atoms with E-state index in [0.29, 0.717) is 34.5 Å². The summed E-state index contributed by atoms with van der Waals surface area (Å²) in [5, 5.41) is 3.41. The molecule has 3 amide bonds. The standard InChI is InChI=1S/C26H28ClN3O5/c1-17(2)30(26(32)28-21-8-6-20(27)7-9-21)15-25(31)29(14-22-10-4-18(3)35-22)13-19-5-11-23-24(12-19)34-16-33-23/h4-12,17H,13-16H2,1-3H3,(H,28,32). The number of anilines is 1. The van der Waals surface area contributed by atoms with Gasteiger partial charge in [-0.2, -0.15) is 0 Å². The van der Waals surface area contributed by atoms with Crippen molar-refractivity contribution in [3.05, 3.63) is 76.7 Å². The van der Waals surface area contributed by atoms with E-state index in [0.717, 1.165) is 11.3 Å². The molecule has 4 rings (SSSR count). The number of carbonyl (C=O) groups is 2. The van der Waals surface area contributed by atoms with Crippen molar-refractivity contribution in [3.8, 4) is 11.5 Å². The average molecular weight is 498 g/mol. The van der Waals surface area contributed by atoms with Gasteiger partial charge in [0.25, 0.3) is 0 Å². The van der Waals surface area contributed by atoms with Crippen LogP contribution >= 0.6 is 11.6 Å². The smallest absolute Gasteiger partial charge is 0.322 e. The van der Waals surface area contributed by atoms with Crippen LogP contribution in [0.1, 0.15) is 30.9 Å². The second-order valence-electron chi connectivity index (χ2n) is 8.61. The summed E-state index contributed by atoms with van der Waals surface area (Å²) in [4.78, 5) is 29.7. The van der Waals surface area contributed by atoms with Crippen LogP contribution in [0.2, 0.25) is 5.02 Å². The maximum atomic E-state index is 13.5. The summed E-state index contributed by atoms with van der Waals surface area (Å²) in [6.07, 6.45) is 0. The molecule has 0 saturated carbocycles. The van der Waals surface area contributed by atoms with Crippen LogP contribution in [0, 0.1) is 6.92 Å². The summed E-state index contributed by atoms with van der Waals surface area (Å²) in [6, 6.07) is 15.5. The predicted molar refractivity (Wildman–Crippen MR) is 133 cm³/mol. The largest absolute Gasteiger partial charge is 0.464 e. The van der Waals surface area contributed by atoms with Crippen LogP contribution in [0.4, 0.5) is 10.5 Å². The molecule has 0 bridgehead atoms. The van der Waals surface area contributed by atoms with Crippen molar-refractivity contribution in [2.75, 3.05) is 18.7 Å². The SMILES string of the molecule is Cc1ccc(CN(Cc2ccc3c(c2)OCO3)C(=O)CN(C(=O)Nc2ccc(Cl)cc2)C(C)C)o1. The Morgan fingerprint density at radius 1 is 1.00 bits per heavy atom. The first-order chi connectivity index (χ1) is 16.8. The molecule has 1 N–H and O–H groups in total. The van der Waals surface area contributed by atoms with E-state index in [2.05, 4.69) is 5.32 Å². The first-order valence-corrected chi connectivity index (χ1v) is 11.7. The number of fused-ring (bicyclic) bond motifs is 1. The lowest BCUT2D eigenvalue weighted by Crippen LogP contribution is -2.47. The molecule has 0 atom stereocenters. The molecule has 0 fully saturated rings. The molecule has 0 radical (unpaired) electrons. The van der Waals surface area contributed by atoms with E-state index in [9.17, 15) is 9.59 Å². The molecule has 8 nitrogen and oxygen atoms in total. The molecule has 3 aromatic rings. The van der Waals surface area contributed by atoms with Crippen molar-refractivity contribution in [1.82, 2.24) is 9.80 Å². The monoisotopic (exact) mass is 497 g/mol. The lowest BCUT2D eigenvalue weighted by molar-refractivity contribution is -0.133. The van der Waals surface area contributed by atoms with Gasteiger partial charge in [0, 0.05) is 23.3 Å². The summed E-state index contributed by atoms with van der Waals surface area (Å²) in [5.74, 6) is 2.55. The normalized spacial score (nSPS) is 12.0. The number of carbonyl (C=O) groups excluding carboxylic acids is 2. The Kier molecular flexibility index (Phi) is 7.51. The number of ether oxygens (including phenoxy) is 2. The molecule has 9 heteroatoms. The molecular weight excluding hydrogens is 470 g/mol. The number of halogens is 1. The molecule has 0 spiro atoms. The molecule has 0 saturated heterocycles. The summed E-state index contributed by atoms with van der Waals surface area (Å²) in [6.45, 7) is 6.26. The molecular formula is C26H28ClN3O5. The molecule has 1 aliphatic heterocycles. The van der Waals surface area contributed by atoms with Gasteiger partial charge < -0.3 is 29.0 Å². The fourth-order valence-corrected chi connectivity index (χ4v) is 3.84. The van der Waals surface area contributed by atoms with Gasteiger partial charge in [-0.15, -0.1) is 0 Å². The van der Waals surface area contributed by atoms with E-state index in [1.807, 2.05) is 51.1 Å². The molecule has 35 heavy (non-hydrogen) atoms. The summed E-state index contributed by atoms with van der Waals surface area (Å²) in [5.41, 5.74) is 1.48. The van der Waals surface area contributed by atoms with E-state index in [1.165, 1.54) is 4.90 Å². The summed E-state index contributed by atoms with van der Waals surface area (Å²) < 4.78 is 16.6. The van der Waals surface area contributed by atoms with E-state index in [4.69, 9.17) is 25.5 Å². The van der Waals surface area contributed by atoms with E-state index in [1.54, 1.807) is 29.2 Å². The third-order valence-electron chi connectivity index (χ3n) is 5.59. The number of nitrogens with one attached hydrogen (secondary N) is 1. The van der Waals surface area contributed by atoms with Crippen LogP contribution < -0.4 is 14.8 Å². The predicted octanol–water partition coefficient (Wildman–Crippen LogP) is 5.44. The van der Waals surface area contributed by atoms with Crippen LogP contribution in [0.15, 0.2) is 59.0 Å². The van der Waals surface area contributed by atoms with Crippen molar-refractivity contribution in [2.24, 2.45) is 0 Å². The van der Waals surface area contributed by atoms with Crippen LogP contribution in [-0.4, -0.2) is 41.1 Å². The lowest BCUT2D eigenvalue weighted by Gasteiger charge is -2.30. The van der Waals surface area contributed by atoms with Gasteiger partial charge in [0.2, 0.25) is 12.7 Å². The highest BCUT2D eigenvalue weighted by atomic mass is 35.5. The number of urea groups is 1.